The Hall–Kier alpha value is -1.36. The van der Waals surface area contributed by atoms with Crippen LogP contribution in [0.5, 0.6) is 0 Å². The largest absolute Gasteiger partial charge is 0.356 e. The fraction of sp³-hybridized carbons (Fsp3) is 0.583. The zero-order chi connectivity index (χ0) is 12.7. The van der Waals surface area contributed by atoms with Crippen LogP contribution in [0.3, 0.4) is 0 Å². The Morgan fingerprint density at radius 2 is 2.17 bits per heavy atom. The van der Waals surface area contributed by atoms with Gasteiger partial charge in [0.25, 0.3) is 0 Å². The smallest absolute Gasteiger partial charge is 0.226 e. The van der Waals surface area contributed by atoms with E-state index in [4.69, 9.17) is 11.6 Å². The molecule has 5 nitrogen and oxygen atoms in total. The molecule has 1 N–H and O–H groups in total. The molecule has 2 aromatic rings. The maximum atomic E-state index is 5.97. The summed E-state index contributed by atoms with van der Waals surface area (Å²) in [7, 11) is 0. The number of nitrogens with one attached hydrogen (secondary N) is 1. The van der Waals surface area contributed by atoms with E-state index < -0.39 is 0 Å². The van der Waals surface area contributed by atoms with Crippen LogP contribution in [0.15, 0.2) is 6.20 Å². The minimum absolute atomic E-state index is 0.271. The van der Waals surface area contributed by atoms with Gasteiger partial charge in [-0.3, -0.25) is 5.10 Å². The second-order valence-electron chi connectivity index (χ2n) is 5.14. The summed E-state index contributed by atoms with van der Waals surface area (Å²) in [4.78, 5) is 10.8. The molecule has 1 fully saturated rings. The molecule has 3 rings (SSSR count). The van der Waals surface area contributed by atoms with Crippen molar-refractivity contribution in [3.63, 3.8) is 0 Å². The number of piperidine rings is 1. The lowest BCUT2D eigenvalue weighted by atomic mass is 9.88. The first-order valence-electron chi connectivity index (χ1n) is 6.26. The van der Waals surface area contributed by atoms with Crippen LogP contribution in [-0.2, 0) is 0 Å². The van der Waals surface area contributed by atoms with E-state index in [0.717, 1.165) is 30.2 Å². The second kappa shape index (κ2) is 4.39. The Morgan fingerprint density at radius 1 is 1.33 bits per heavy atom. The maximum absolute atomic E-state index is 5.97. The van der Waals surface area contributed by atoms with Gasteiger partial charge in [0, 0.05) is 13.1 Å². The molecular weight excluding hydrogens is 250 g/mol. The number of aromatic nitrogens is 4. The number of nitrogens with zero attached hydrogens (tertiary/aromatic N) is 4. The summed E-state index contributed by atoms with van der Waals surface area (Å²) < 4.78 is 0. The van der Waals surface area contributed by atoms with Crippen molar-refractivity contribution >= 4 is 28.5 Å². The van der Waals surface area contributed by atoms with E-state index in [1.165, 1.54) is 6.42 Å². The molecule has 0 radical (unpaired) electrons. The van der Waals surface area contributed by atoms with E-state index >= 15 is 0 Å². The number of hydrogen-bond donors (Lipinski definition) is 1. The summed E-state index contributed by atoms with van der Waals surface area (Å²) in [5, 5.41) is 8.08. The number of halogens is 1. The van der Waals surface area contributed by atoms with Gasteiger partial charge in [0.1, 0.15) is 5.82 Å². The lowest BCUT2D eigenvalue weighted by Gasteiger charge is -2.36. The molecule has 0 bridgehead atoms. The summed E-state index contributed by atoms with van der Waals surface area (Å²) in [5.41, 5.74) is 0.705. The van der Waals surface area contributed by atoms with E-state index in [-0.39, 0.29) is 5.28 Å². The summed E-state index contributed by atoms with van der Waals surface area (Å²) in [6.07, 6.45) is 2.95. The predicted molar refractivity (Wildman–Crippen MR) is 71.9 cm³/mol. The lowest BCUT2D eigenvalue weighted by Crippen LogP contribution is -2.39. The van der Waals surface area contributed by atoms with Crippen molar-refractivity contribution in [1.29, 1.82) is 0 Å². The molecule has 18 heavy (non-hydrogen) atoms. The van der Waals surface area contributed by atoms with Gasteiger partial charge in [-0.1, -0.05) is 13.8 Å². The van der Waals surface area contributed by atoms with Gasteiger partial charge in [0.05, 0.1) is 11.6 Å². The van der Waals surface area contributed by atoms with E-state index in [0.29, 0.717) is 11.6 Å². The third-order valence-electron chi connectivity index (χ3n) is 3.90. The number of aromatic amines is 1. The van der Waals surface area contributed by atoms with Crippen molar-refractivity contribution in [2.45, 2.75) is 20.3 Å². The van der Waals surface area contributed by atoms with Crippen LogP contribution in [-0.4, -0.2) is 33.3 Å². The van der Waals surface area contributed by atoms with Gasteiger partial charge in [-0.2, -0.15) is 15.1 Å². The van der Waals surface area contributed by atoms with Crippen molar-refractivity contribution in [3.05, 3.63) is 11.5 Å². The Labute approximate surface area is 111 Å². The molecule has 3 heterocycles. The van der Waals surface area contributed by atoms with Crippen LogP contribution >= 0.6 is 11.6 Å². The van der Waals surface area contributed by atoms with E-state index in [1.807, 2.05) is 0 Å². The van der Waals surface area contributed by atoms with Crippen molar-refractivity contribution in [3.8, 4) is 0 Å². The Kier molecular flexibility index (Phi) is 2.86. The monoisotopic (exact) mass is 265 g/mol. The van der Waals surface area contributed by atoms with Crippen LogP contribution in [0, 0.1) is 11.8 Å². The van der Waals surface area contributed by atoms with Crippen molar-refractivity contribution in [2.24, 2.45) is 11.8 Å². The fourth-order valence-electron chi connectivity index (χ4n) is 2.49. The first-order valence-corrected chi connectivity index (χ1v) is 6.64. The lowest BCUT2D eigenvalue weighted by molar-refractivity contribution is 0.323. The number of fused-ring (bicyclic) bond motifs is 1. The molecule has 0 spiro atoms. The number of anilines is 1. The fourth-order valence-corrected chi connectivity index (χ4v) is 2.65. The predicted octanol–water partition coefficient (Wildman–Crippen LogP) is 2.49. The van der Waals surface area contributed by atoms with Crippen molar-refractivity contribution in [2.75, 3.05) is 18.0 Å². The van der Waals surface area contributed by atoms with Crippen LogP contribution in [0.4, 0.5) is 5.82 Å². The number of hydrogen-bond acceptors (Lipinski definition) is 4. The highest BCUT2D eigenvalue weighted by Gasteiger charge is 2.25. The summed E-state index contributed by atoms with van der Waals surface area (Å²) >= 11 is 5.97. The van der Waals surface area contributed by atoms with Gasteiger partial charge in [-0.05, 0) is 29.9 Å². The molecule has 2 atom stereocenters. The van der Waals surface area contributed by atoms with Crippen molar-refractivity contribution < 1.29 is 0 Å². The van der Waals surface area contributed by atoms with Crippen LogP contribution in [0.2, 0.25) is 5.28 Å². The minimum atomic E-state index is 0.271. The molecule has 1 aliphatic rings. The molecule has 6 heteroatoms. The first kappa shape index (κ1) is 11.7. The summed E-state index contributed by atoms with van der Waals surface area (Å²) in [5.74, 6) is 2.32. The molecule has 96 valence electrons. The topological polar surface area (TPSA) is 57.7 Å². The van der Waals surface area contributed by atoms with Gasteiger partial charge in [0.15, 0.2) is 5.65 Å². The third kappa shape index (κ3) is 1.92. The quantitative estimate of drug-likeness (QED) is 0.805. The van der Waals surface area contributed by atoms with Crippen LogP contribution in [0.1, 0.15) is 20.3 Å². The minimum Gasteiger partial charge on any atom is -0.356 e. The number of H-pyrrole nitrogens is 1. The molecule has 1 saturated heterocycles. The zero-order valence-electron chi connectivity index (χ0n) is 10.5. The Bertz CT molecular complexity index is 567. The first-order chi connectivity index (χ1) is 8.65. The normalized spacial score (nSPS) is 24.7. The van der Waals surface area contributed by atoms with E-state index in [9.17, 15) is 0 Å². The molecule has 2 aromatic heterocycles. The average molecular weight is 266 g/mol. The van der Waals surface area contributed by atoms with Crippen LogP contribution < -0.4 is 4.90 Å². The second-order valence-corrected chi connectivity index (χ2v) is 5.48. The standard InChI is InChI=1S/C12H16ClN5/c1-7-3-4-18(6-8(7)2)11-9-5-14-17-10(9)15-12(13)16-11/h5,7-8H,3-4,6H2,1-2H3,(H,14,15,16,17). The highest BCUT2D eigenvalue weighted by atomic mass is 35.5. The maximum Gasteiger partial charge on any atom is 0.226 e. The molecule has 0 saturated carbocycles. The third-order valence-corrected chi connectivity index (χ3v) is 4.07. The van der Waals surface area contributed by atoms with E-state index in [2.05, 4.69) is 38.9 Å². The van der Waals surface area contributed by atoms with Gasteiger partial charge in [-0.15, -0.1) is 0 Å². The molecular formula is C12H16ClN5. The molecule has 1 aliphatic heterocycles. The average Bonchev–Trinajstić information content (AvgIpc) is 2.79. The van der Waals surface area contributed by atoms with Gasteiger partial charge < -0.3 is 4.90 Å². The van der Waals surface area contributed by atoms with Gasteiger partial charge >= 0.3 is 0 Å². The Morgan fingerprint density at radius 3 is 2.94 bits per heavy atom. The summed E-state index contributed by atoms with van der Waals surface area (Å²) in [6.45, 7) is 6.61. The molecule has 0 amide bonds. The highest BCUT2D eigenvalue weighted by molar-refractivity contribution is 6.28. The molecule has 2 unspecified atom stereocenters. The SMILES string of the molecule is CC1CCN(c2nc(Cl)nc3[nH]ncc23)CC1C. The molecule has 0 aliphatic carbocycles. The molecule has 0 aromatic carbocycles. The zero-order valence-corrected chi connectivity index (χ0v) is 11.3. The highest BCUT2D eigenvalue weighted by Crippen LogP contribution is 2.30. The summed E-state index contributed by atoms with van der Waals surface area (Å²) in [6, 6.07) is 0. The number of rotatable bonds is 1. The van der Waals surface area contributed by atoms with Gasteiger partial charge in [-0.25, -0.2) is 0 Å². The van der Waals surface area contributed by atoms with Gasteiger partial charge in [0.2, 0.25) is 5.28 Å². The Balaban J connectivity index is 2.01. The van der Waals surface area contributed by atoms with E-state index in [1.54, 1.807) is 6.20 Å². The van der Waals surface area contributed by atoms with Crippen LogP contribution in [0.25, 0.3) is 11.0 Å². The van der Waals surface area contributed by atoms with Crippen molar-refractivity contribution in [1.82, 2.24) is 20.2 Å².